The van der Waals surface area contributed by atoms with Crippen molar-refractivity contribution in [3.8, 4) is 0 Å². The first-order chi connectivity index (χ1) is 7.15. The van der Waals surface area contributed by atoms with Crippen molar-refractivity contribution < 1.29 is 0 Å². The fraction of sp³-hybridized carbons (Fsp3) is 1.00. The summed E-state index contributed by atoms with van der Waals surface area (Å²) in [4.78, 5) is 2.68. The second-order valence-electron chi connectivity index (χ2n) is 5.37. The van der Waals surface area contributed by atoms with E-state index in [2.05, 4.69) is 42.7 Å². The van der Waals surface area contributed by atoms with Gasteiger partial charge < -0.3 is 10.2 Å². The third-order valence-corrected chi connectivity index (χ3v) is 4.89. The molecule has 3 heteroatoms. The van der Waals surface area contributed by atoms with Gasteiger partial charge in [0.1, 0.15) is 0 Å². The Hall–Kier alpha value is 0.270. The third kappa shape index (κ3) is 3.11. The van der Waals surface area contributed by atoms with Crippen LogP contribution in [0.1, 0.15) is 20.8 Å². The van der Waals surface area contributed by atoms with Gasteiger partial charge >= 0.3 is 0 Å². The fourth-order valence-corrected chi connectivity index (χ4v) is 4.26. The maximum absolute atomic E-state index is 3.50. The lowest BCUT2D eigenvalue weighted by atomic mass is 9.97. The molecule has 88 valence electrons. The minimum atomic E-state index is 0.818. The predicted molar refractivity (Wildman–Crippen MR) is 68.5 cm³/mol. The molecule has 0 aromatic rings. The van der Waals surface area contributed by atoms with Crippen molar-refractivity contribution in [2.45, 2.75) is 31.3 Å². The van der Waals surface area contributed by atoms with Gasteiger partial charge in [0.25, 0.3) is 0 Å². The summed E-state index contributed by atoms with van der Waals surface area (Å²) in [5.74, 6) is 1.75. The zero-order valence-corrected chi connectivity index (χ0v) is 11.0. The van der Waals surface area contributed by atoms with Crippen LogP contribution >= 0.6 is 11.8 Å². The number of nitrogens with one attached hydrogen (secondary N) is 1. The van der Waals surface area contributed by atoms with Gasteiger partial charge in [-0.2, -0.15) is 11.8 Å². The first-order valence-corrected chi connectivity index (χ1v) is 7.18. The SMILES string of the molecule is CC1CN(CC2CNCC2C)CC(C)S1. The zero-order chi connectivity index (χ0) is 10.8. The molecule has 2 saturated heterocycles. The van der Waals surface area contributed by atoms with Crippen LogP contribution in [0.15, 0.2) is 0 Å². The van der Waals surface area contributed by atoms with E-state index in [1.54, 1.807) is 0 Å². The van der Waals surface area contributed by atoms with E-state index in [4.69, 9.17) is 0 Å². The van der Waals surface area contributed by atoms with Gasteiger partial charge in [-0.25, -0.2) is 0 Å². The molecule has 1 N–H and O–H groups in total. The Labute approximate surface area is 98.2 Å². The quantitative estimate of drug-likeness (QED) is 0.774. The van der Waals surface area contributed by atoms with Crippen molar-refractivity contribution in [2.75, 3.05) is 32.7 Å². The van der Waals surface area contributed by atoms with Crippen molar-refractivity contribution in [1.82, 2.24) is 10.2 Å². The van der Waals surface area contributed by atoms with Crippen LogP contribution in [0.3, 0.4) is 0 Å². The molecule has 0 radical (unpaired) electrons. The molecule has 0 spiro atoms. The van der Waals surface area contributed by atoms with Gasteiger partial charge in [-0.05, 0) is 24.9 Å². The van der Waals surface area contributed by atoms with E-state index in [1.807, 2.05) is 0 Å². The molecule has 0 bridgehead atoms. The largest absolute Gasteiger partial charge is 0.316 e. The van der Waals surface area contributed by atoms with Gasteiger partial charge in [0.2, 0.25) is 0 Å². The average Bonchev–Trinajstić information content (AvgIpc) is 2.50. The molecule has 2 heterocycles. The number of nitrogens with zero attached hydrogens (tertiary/aromatic N) is 1. The molecular weight excluding hydrogens is 204 g/mol. The first-order valence-electron chi connectivity index (χ1n) is 6.23. The van der Waals surface area contributed by atoms with Crippen LogP contribution < -0.4 is 5.32 Å². The van der Waals surface area contributed by atoms with Gasteiger partial charge in [0.15, 0.2) is 0 Å². The highest BCUT2D eigenvalue weighted by Gasteiger charge is 2.28. The van der Waals surface area contributed by atoms with Crippen LogP contribution in [0.5, 0.6) is 0 Å². The molecule has 2 rings (SSSR count). The summed E-state index contributed by atoms with van der Waals surface area (Å²) < 4.78 is 0. The lowest BCUT2D eigenvalue weighted by Gasteiger charge is -2.36. The number of rotatable bonds is 2. The summed E-state index contributed by atoms with van der Waals surface area (Å²) in [6, 6.07) is 0. The summed E-state index contributed by atoms with van der Waals surface area (Å²) in [6.45, 7) is 13.5. The standard InChI is InChI=1S/C12H24N2S/c1-9-4-13-5-12(9)8-14-6-10(2)15-11(3)7-14/h9-13H,4-8H2,1-3H3. The topological polar surface area (TPSA) is 15.3 Å². The monoisotopic (exact) mass is 228 g/mol. The van der Waals surface area contributed by atoms with E-state index in [0.29, 0.717) is 0 Å². The van der Waals surface area contributed by atoms with Crippen LogP contribution in [-0.4, -0.2) is 48.1 Å². The van der Waals surface area contributed by atoms with E-state index >= 15 is 0 Å². The van der Waals surface area contributed by atoms with Crippen molar-refractivity contribution in [1.29, 1.82) is 0 Å². The van der Waals surface area contributed by atoms with Crippen molar-refractivity contribution in [3.05, 3.63) is 0 Å². The Bertz CT molecular complexity index is 200. The van der Waals surface area contributed by atoms with Gasteiger partial charge in [0, 0.05) is 30.1 Å². The lowest BCUT2D eigenvalue weighted by Crippen LogP contribution is -2.43. The smallest absolute Gasteiger partial charge is 0.0149 e. The van der Waals surface area contributed by atoms with Crippen LogP contribution in [0.25, 0.3) is 0 Å². The van der Waals surface area contributed by atoms with Gasteiger partial charge in [-0.15, -0.1) is 0 Å². The lowest BCUT2D eigenvalue weighted by molar-refractivity contribution is 0.216. The molecule has 2 fully saturated rings. The molecule has 2 aliphatic rings. The minimum Gasteiger partial charge on any atom is -0.316 e. The highest BCUT2D eigenvalue weighted by atomic mass is 32.2. The Morgan fingerprint density at radius 3 is 2.33 bits per heavy atom. The average molecular weight is 228 g/mol. The van der Waals surface area contributed by atoms with Crippen LogP contribution in [-0.2, 0) is 0 Å². The molecule has 4 unspecified atom stereocenters. The number of hydrogen-bond donors (Lipinski definition) is 1. The fourth-order valence-electron chi connectivity index (χ4n) is 2.87. The molecule has 0 saturated carbocycles. The van der Waals surface area contributed by atoms with Gasteiger partial charge in [0.05, 0.1) is 0 Å². The van der Waals surface area contributed by atoms with Gasteiger partial charge in [-0.3, -0.25) is 0 Å². The summed E-state index contributed by atoms with van der Waals surface area (Å²) in [5.41, 5.74) is 0. The summed E-state index contributed by atoms with van der Waals surface area (Å²) >= 11 is 2.15. The second-order valence-corrected chi connectivity index (χ2v) is 7.25. The van der Waals surface area contributed by atoms with Gasteiger partial charge in [-0.1, -0.05) is 20.8 Å². The Balaban J connectivity index is 1.83. The Kier molecular flexibility index (Phi) is 3.97. The van der Waals surface area contributed by atoms with E-state index in [0.717, 1.165) is 22.3 Å². The highest BCUT2D eigenvalue weighted by molar-refractivity contribution is 8.00. The summed E-state index contributed by atoms with van der Waals surface area (Å²) in [5, 5.41) is 5.14. The Morgan fingerprint density at radius 2 is 1.80 bits per heavy atom. The maximum atomic E-state index is 3.50. The highest BCUT2D eigenvalue weighted by Crippen LogP contribution is 2.26. The molecule has 0 aromatic carbocycles. The zero-order valence-electron chi connectivity index (χ0n) is 10.2. The Morgan fingerprint density at radius 1 is 1.13 bits per heavy atom. The second kappa shape index (κ2) is 5.07. The molecular formula is C12H24N2S. The molecule has 4 atom stereocenters. The van der Waals surface area contributed by atoms with Crippen molar-refractivity contribution in [3.63, 3.8) is 0 Å². The maximum Gasteiger partial charge on any atom is 0.0149 e. The summed E-state index contributed by atoms with van der Waals surface area (Å²) in [6.07, 6.45) is 0. The van der Waals surface area contributed by atoms with Crippen LogP contribution in [0, 0.1) is 11.8 Å². The summed E-state index contributed by atoms with van der Waals surface area (Å²) in [7, 11) is 0. The normalized spacial score (nSPS) is 43.4. The number of thioether (sulfide) groups is 1. The molecule has 0 aliphatic carbocycles. The van der Waals surface area contributed by atoms with E-state index in [1.165, 1.54) is 32.7 Å². The van der Waals surface area contributed by atoms with Crippen LogP contribution in [0.4, 0.5) is 0 Å². The first kappa shape index (κ1) is 11.7. The van der Waals surface area contributed by atoms with Crippen LogP contribution in [0.2, 0.25) is 0 Å². The number of hydrogen-bond acceptors (Lipinski definition) is 3. The predicted octanol–water partition coefficient (Wildman–Crippen LogP) is 1.67. The molecule has 0 amide bonds. The molecule has 2 aliphatic heterocycles. The van der Waals surface area contributed by atoms with E-state index in [9.17, 15) is 0 Å². The van der Waals surface area contributed by atoms with E-state index in [-0.39, 0.29) is 0 Å². The molecule has 15 heavy (non-hydrogen) atoms. The van der Waals surface area contributed by atoms with E-state index < -0.39 is 0 Å². The molecule has 0 aromatic heterocycles. The van der Waals surface area contributed by atoms with Crippen molar-refractivity contribution in [2.24, 2.45) is 11.8 Å². The minimum absolute atomic E-state index is 0.818. The van der Waals surface area contributed by atoms with Crippen molar-refractivity contribution >= 4 is 11.8 Å². The molecule has 2 nitrogen and oxygen atoms in total. The third-order valence-electron chi connectivity index (χ3n) is 3.67.